The van der Waals surface area contributed by atoms with Crippen molar-refractivity contribution in [3.8, 4) is 0 Å². The van der Waals surface area contributed by atoms with E-state index in [4.69, 9.17) is 5.73 Å². The first kappa shape index (κ1) is 14.7. The molecule has 0 bridgehead atoms. The monoisotopic (exact) mass is 272 g/mol. The van der Waals surface area contributed by atoms with Crippen LogP contribution in [0.4, 0.5) is 5.69 Å². The molecule has 1 unspecified atom stereocenters. The lowest BCUT2D eigenvalue weighted by Crippen LogP contribution is -2.30. The Morgan fingerprint density at radius 2 is 2.17 bits per heavy atom. The zero-order chi connectivity index (χ0) is 13.7. The molecule has 0 radical (unpaired) electrons. The molecule has 0 fully saturated rings. The van der Waals surface area contributed by atoms with Crippen LogP contribution < -0.4 is 11.1 Å². The van der Waals surface area contributed by atoms with Crippen LogP contribution in [0.1, 0.15) is 30.0 Å². The van der Waals surface area contributed by atoms with Gasteiger partial charge in [0, 0.05) is 35.9 Å². The fourth-order valence-corrected chi connectivity index (χ4v) is 2.25. The number of carbonyl (C=O) groups is 1. The van der Waals surface area contributed by atoms with Crippen molar-refractivity contribution < 1.29 is 9.00 Å². The summed E-state index contributed by atoms with van der Waals surface area (Å²) in [4.78, 5) is 11.9. The highest BCUT2D eigenvalue weighted by Gasteiger charge is 2.18. The molecular weight excluding hydrogens is 252 g/mol. The molecule has 1 rings (SSSR count). The summed E-state index contributed by atoms with van der Waals surface area (Å²) in [5.74, 6) is 0.792. The summed E-state index contributed by atoms with van der Waals surface area (Å²) in [6, 6.07) is 0. The van der Waals surface area contributed by atoms with Crippen molar-refractivity contribution in [2.24, 2.45) is 7.05 Å². The number of amides is 1. The number of rotatable bonds is 6. The quantitative estimate of drug-likeness (QED) is 0.766. The summed E-state index contributed by atoms with van der Waals surface area (Å²) in [6.07, 6.45) is 0.687. The molecule has 1 aromatic heterocycles. The van der Waals surface area contributed by atoms with Crippen LogP contribution in [0, 0.1) is 0 Å². The Labute approximate surface area is 109 Å². The average Bonchev–Trinajstić information content (AvgIpc) is 2.63. The molecule has 1 atom stereocenters. The van der Waals surface area contributed by atoms with Crippen LogP contribution >= 0.6 is 0 Å². The lowest BCUT2D eigenvalue weighted by atomic mass is 10.2. The molecular formula is C11H20N4O2S. The lowest BCUT2D eigenvalue weighted by Gasteiger charge is -2.05. The van der Waals surface area contributed by atoms with Crippen LogP contribution in [0.25, 0.3) is 0 Å². The number of nitrogens with zero attached hydrogens (tertiary/aromatic N) is 2. The molecule has 1 heterocycles. The number of hydrogen-bond donors (Lipinski definition) is 2. The van der Waals surface area contributed by atoms with Crippen LogP contribution in [0.2, 0.25) is 0 Å². The number of nitrogen functional groups attached to an aromatic ring is 1. The van der Waals surface area contributed by atoms with Crippen molar-refractivity contribution in [3.05, 3.63) is 11.4 Å². The van der Waals surface area contributed by atoms with E-state index in [1.165, 1.54) is 4.68 Å². The summed E-state index contributed by atoms with van der Waals surface area (Å²) in [5, 5.41) is 6.89. The van der Waals surface area contributed by atoms with E-state index >= 15 is 0 Å². The molecule has 0 aromatic carbocycles. The Morgan fingerprint density at radius 1 is 1.50 bits per heavy atom. The molecule has 0 saturated heterocycles. The van der Waals surface area contributed by atoms with E-state index in [0.717, 1.165) is 5.69 Å². The topological polar surface area (TPSA) is 90.0 Å². The summed E-state index contributed by atoms with van der Waals surface area (Å²) >= 11 is 0. The first-order valence-corrected chi connectivity index (χ1v) is 7.44. The van der Waals surface area contributed by atoms with Gasteiger partial charge in [0.1, 0.15) is 5.69 Å². The molecule has 0 saturated carbocycles. The van der Waals surface area contributed by atoms with E-state index < -0.39 is 10.8 Å². The highest BCUT2D eigenvalue weighted by molar-refractivity contribution is 7.84. The van der Waals surface area contributed by atoms with Crippen molar-refractivity contribution >= 4 is 22.4 Å². The van der Waals surface area contributed by atoms with Gasteiger partial charge in [-0.1, -0.05) is 13.8 Å². The fourth-order valence-electron chi connectivity index (χ4n) is 1.63. The first-order valence-electron chi connectivity index (χ1n) is 5.95. The summed E-state index contributed by atoms with van der Waals surface area (Å²) in [7, 11) is 0.814. The molecule has 3 N–H and O–H groups in total. The maximum Gasteiger partial charge on any atom is 0.271 e. The molecule has 1 amide bonds. The van der Waals surface area contributed by atoms with Gasteiger partial charge < -0.3 is 11.1 Å². The van der Waals surface area contributed by atoms with Crippen LogP contribution in [0.5, 0.6) is 0 Å². The number of aromatic nitrogens is 2. The second-order valence-corrected chi connectivity index (χ2v) is 5.74. The van der Waals surface area contributed by atoms with Crippen LogP contribution in [0.3, 0.4) is 0 Å². The third-order valence-electron chi connectivity index (χ3n) is 2.65. The molecule has 0 aliphatic heterocycles. The summed E-state index contributed by atoms with van der Waals surface area (Å²) in [5.41, 5.74) is 7.39. The maximum atomic E-state index is 11.9. The zero-order valence-corrected chi connectivity index (χ0v) is 11.8. The standard InChI is InChI=1S/C11H20N4O2S/c1-4-8-9(12)10(15(3)14-8)11(16)13-6-7-18(17)5-2/h4-7,12H2,1-3H3,(H,13,16). The molecule has 7 heteroatoms. The third-order valence-corrected chi connectivity index (χ3v) is 3.95. The Kier molecular flexibility index (Phi) is 5.33. The van der Waals surface area contributed by atoms with Gasteiger partial charge in [-0.3, -0.25) is 13.7 Å². The van der Waals surface area contributed by atoms with Crippen LogP contribution in [0.15, 0.2) is 0 Å². The third kappa shape index (κ3) is 3.32. The molecule has 1 aromatic rings. The Bertz CT molecular complexity index is 456. The molecule has 102 valence electrons. The van der Waals surface area contributed by atoms with E-state index in [0.29, 0.717) is 35.9 Å². The van der Waals surface area contributed by atoms with Crippen molar-refractivity contribution in [1.82, 2.24) is 15.1 Å². The van der Waals surface area contributed by atoms with E-state index in [1.54, 1.807) is 7.05 Å². The van der Waals surface area contributed by atoms with Crippen LogP contribution in [-0.4, -0.2) is 37.9 Å². The van der Waals surface area contributed by atoms with Gasteiger partial charge in [-0.25, -0.2) is 0 Å². The minimum atomic E-state index is -0.875. The molecule has 18 heavy (non-hydrogen) atoms. The SMILES string of the molecule is CCc1nn(C)c(C(=O)NCCS(=O)CC)c1N. The molecule has 0 spiro atoms. The second-order valence-electron chi connectivity index (χ2n) is 3.87. The molecule has 0 aliphatic carbocycles. The van der Waals surface area contributed by atoms with Gasteiger partial charge in [-0.15, -0.1) is 0 Å². The minimum Gasteiger partial charge on any atom is -0.395 e. The predicted molar refractivity (Wildman–Crippen MR) is 72.9 cm³/mol. The Hall–Kier alpha value is -1.37. The number of aryl methyl sites for hydroxylation is 2. The average molecular weight is 272 g/mol. The number of nitrogens with one attached hydrogen (secondary N) is 1. The second kappa shape index (κ2) is 6.53. The van der Waals surface area contributed by atoms with E-state index in [1.807, 2.05) is 13.8 Å². The van der Waals surface area contributed by atoms with E-state index in [2.05, 4.69) is 10.4 Å². The van der Waals surface area contributed by atoms with Gasteiger partial charge in [-0.05, 0) is 6.42 Å². The summed E-state index contributed by atoms with van der Waals surface area (Å²) in [6.45, 7) is 4.17. The van der Waals surface area contributed by atoms with Gasteiger partial charge in [0.25, 0.3) is 5.91 Å². The van der Waals surface area contributed by atoms with Gasteiger partial charge in [0.05, 0.1) is 11.4 Å². The van der Waals surface area contributed by atoms with Crippen molar-refractivity contribution in [2.75, 3.05) is 23.8 Å². The fraction of sp³-hybridized carbons (Fsp3) is 0.636. The highest BCUT2D eigenvalue weighted by atomic mass is 32.2. The van der Waals surface area contributed by atoms with Crippen molar-refractivity contribution in [2.45, 2.75) is 20.3 Å². The maximum absolute atomic E-state index is 11.9. The number of carbonyl (C=O) groups excluding carboxylic acids is 1. The number of anilines is 1. The predicted octanol–water partition coefficient (Wildman–Crippen LogP) is 0.0631. The number of nitrogens with two attached hydrogens (primary N) is 1. The highest BCUT2D eigenvalue weighted by Crippen LogP contribution is 2.16. The van der Waals surface area contributed by atoms with Crippen molar-refractivity contribution in [3.63, 3.8) is 0 Å². The zero-order valence-electron chi connectivity index (χ0n) is 11.0. The first-order chi connectivity index (χ1) is 8.51. The smallest absolute Gasteiger partial charge is 0.271 e. The Balaban J connectivity index is 2.67. The normalized spacial score (nSPS) is 12.4. The summed E-state index contributed by atoms with van der Waals surface area (Å²) < 4.78 is 12.7. The van der Waals surface area contributed by atoms with Crippen molar-refractivity contribution in [1.29, 1.82) is 0 Å². The van der Waals surface area contributed by atoms with Crippen LogP contribution in [-0.2, 0) is 24.3 Å². The van der Waals surface area contributed by atoms with Gasteiger partial charge >= 0.3 is 0 Å². The largest absolute Gasteiger partial charge is 0.395 e. The van der Waals surface area contributed by atoms with Gasteiger partial charge in [-0.2, -0.15) is 5.10 Å². The van der Waals surface area contributed by atoms with E-state index in [9.17, 15) is 9.00 Å². The minimum absolute atomic E-state index is 0.268. The molecule has 6 nitrogen and oxygen atoms in total. The van der Waals surface area contributed by atoms with Gasteiger partial charge in [0.15, 0.2) is 0 Å². The lowest BCUT2D eigenvalue weighted by molar-refractivity contribution is 0.0947. The Morgan fingerprint density at radius 3 is 2.67 bits per heavy atom. The van der Waals surface area contributed by atoms with E-state index in [-0.39, 0.29) is 5.91 Å². The van der Waals surface area contributed by atoms with Gasteiger partial charge in [0.2, 0.25) is 0 Å². The number of hydrogen-bond acceptors (Lipinski definition) is 4. The molecule has 0 aliphatic rings.